The second-order valence-electron chi connectivity index (χ2n) is 5.68. The molecule has 5 nitrogen and oxygen atoms in total. The van der Waals surface area contributed by atoms with E-state index in [1.54, 1.807) is 0 Å². The largest absolute Gasteiger partial charge is 0.368 e. The van der Waals surface area contributed by atoms with E-state index in [0.717, 1.165) is 42.6 Å². The Morgan fingerprint density at radius 2 is 2.10 bits per heavy atom. The van der Waals surface area contributed by atoms with E-state index < -0.39 is 0 Å². The topological polar surface area (TPSA) is 75.4 Å². The molecule has 2 rings (SSSR count). The Bertz CT molecular complexity index is 542. The standard InChI is InChI=1S/C16H23N3O2/c1-11-6-5-7-13(12(11)2)18-15(20)10-19-9-4-3-8-14(19)16(17)21/h5-7,14H,3-4,8-10H2,1-2H3,(H2,17,21)(H,18,20)/t14-/m1/s1. The lowest BCUT2D eigenvalue weighted by molar-refractivity contribution is -0.126. The molecule has 21 heavy (non-hydrogen) atoms. The van der Waals surface area contributed by atoms with Crippen LogP contribution in [0.2, 0.25) is 0 Å². The second kappa shape index (κ2) is 6.72. The van der Waals surface area contributed by atoms with Gasteiger partial charge in [-0.3, -0.25) is 14.5 Å². The summed E-state index contributed by atoms with van der Waals surface area (Å²) in [6.45, 7) is 4.95. The molecule has 2 amide bonds. The van der Waals surface area contributed by atoms with Crippen LogP contribution in [-0.2, 0) is 9.59 Å². The quantitative estimate of drug-likeness (QED) is 0.883. The van der Waals surface area contributed by atoms with E-state index in [-0.39, 0.29) is 24.4 Å². The van der Waals surface area contributed by atoms with Crippen LogP contribution in [-0.4, -0.2) is 35.8 Å². The zero-order valence-corrected chi connectivity index (χ0v) is 12.7. The lowest BCUT2D eigenvalue weighted by Crippen LogP contribution is -2.50. The molecule has 0 bridgehead atoms. The Kier molecular flexibility index (Phi) is 4.96. The number of aryl methyl sites for hydroxylation is 1. The Morgan fingerprint density at radius 1 is 1.33 bits per heavy atom. The molecule has 1 fully saturated rings. The van der Waals surface area contributed by atoms with Crippen molar-refractivity contribution in [2.45, 2.75) is 39.2 Å². The van der Waals surface area contributed by atoms with Crippen molar-refractivity contribution in [3.05, 3.63) is 29.3 Å². The van der Waals surface area contributed by atoms with Crippen molar-refractivity contribution in [2.24, 2.45) is 5.73 Å². The van der Waals surface area contributed by atoms with Gasteiger partial charge >= 0.3 is 0 Å². The molecule has 0 aromatic heterocycles. The van der Waals surface area contributed by atoms with Gasteiger partial charge in [-0.2, -0.15) is 0 Å². The summed E-state index contributed by atoms with van der Waals surface area (Å²) in [5.41, 5.74) is 8.45. The summed E-state index contributed by atoms with van der Waals surface area (Å²) in [7, 11) is 0. The predicted molar refractivity (Wildman–Crippen MR) is 83.0 cm³/mol. The van der Waals surface area contributed by atoms with Gasteiger partial charge in [0.1, 0.15) is 0 Å². The molecular weight excluding hydrogens is 266 g/mol. The smallest absolute Gasteiger partial charge is 0.238 e. The molecule has 0 radical (unpaired) electrons. The molecular formula is C16H23N3O2. The molecule has 0 unspecified atom stereocenters. The van der Waals surface area contributed by atoms with Gasteiger partial charge in [-0.05, 0) is 50.4 Å². The second-order valence-corrected chi connectivity index (χ2v) is 5.68. The van der Waals surface area contributed by atoms with Crippen molar-refractivity contribution in [1.82, 2.24) is 4.90 Å². The molecule has 3 N–H and O–H groups in total. The SMILES string of the molecule is Cc1cccc(NC(=O)CN2CCCC[C@@H]2C(N)=O)c1C. The first-order valence-corrected chi connectivity index (χ1v) is 7.38. The van der Waals surface area contributed by atoms with Gasteiger partial charge in [0.2, 0.25) is 11.8 Å². The first kappa shape index (κ1) is 15.5. The third-order valence-electron chi connectivity index (χ3n) is 4.17. The van der Waals surface area contributed by atoms with Gasteiger partial charge in [0, 0.05) is 5.69 Å². The fourth-order valence-corrected chi connectivity index (χ4v) is 2.76. The molecule has 1 aliphatic rings. The molecule has 1 atom stereocenters. The molecule has 1 aliphatic heterocycles. The van der Waals surface area contributed by atoms with Crippen molar-refractivity contribution in [3.63, 3.8) is 0 Å². The van der Waals surface area contributed by atoms with Crippen LogP contribution in [0.4, 0.5) is 5.69 Å². The number of rotatable bonds is 4. The van der Waals surface area contributed by atoms with E-state index >= 15 is 0 Å². The van der Waals surface area contributed by atoms with Gasteiger partial charge in [-0.25, -0.2) is 0 Å². The van der Waals surface area contributed by atoms with Gasteiger partial charge in [0.25, 0.3) is 0 Å². The fraction of sp³-hybridized carbons (Fsp3) is 0.500. The molecule has 1 aromatic carbocycles. The average Bonchev–Trinajstić information content (AvgIpc) is 2.44. The number of hydrogen-bond acceptors (Lipinski definition) is 3. The third-order valence-corrected chi connectivity index (χ3v) is 4.17. The maximum absolute atomic E-state index is 12.2. The highest BCUT2D eigenvalue weighted by Crippen LogP contribution is 2.19. The highest BCUT2D eigenvalue weighted by atomic mass is 16.2. The number of hydrogen-bond donors (Lipinski definition) is 2. The van der Waals surface area contributed by atoms with Crippen molar-refractivity contribution in [2.75, 3.05) is 18.4 Å². The molecule has 5 heteroatoms. The van der Waals surface area contributed by atoms with Crippen LogP contribution < -0.4 is 11.1 Å². The zero-order chi connectivity index (χ0) is 15.4. The Labute approximate surface area is 125 Å². The maximum Gasteiger partial charge on any atom is 0.238 e. The number of carbonyl (C=O) groups excluding carboxylic acids is 2. The van der Waals surface area contributed by atoms with Crippen molar-refractivity contribution < 1.29 is 9.59 Å². The summed E-state index contributed by atoms with van der Waals surface area (Å²) in [6, 6.07) is 5.51. The van der Waals surface area contributed by atoms with Gasteiger partial charge in [0.15, 0.2) is 0 Å². The highest BCUT2D eigenvalue weighted by molar-refractivity contribution is 5.93. The fourth-order valence-electron chi connectivity index (χ4n) is 2.76. The van der Waals surface area contributed by atoms with Gasteiger partial charge in [-0.15, -0.1) is 0 Å². The molecule has 0 saturated carbocycles. The van der Waals surface area contributed by atoms with Crippen LogP contribution in [0.5, 0.6) is 0 Å². The van der Waals surface area contributed by atoms with Gasteiger partial charge < -0.3 is 11.1 Å². The molecule has 114 valence electrons. The van der Waals surface area contributed by atoms with E-state index in [0.29, 0.717) is 0 Å². The first-order chi connectivity index (χ1) is 9.99. The zero-order valence-electron chi connectivity index (χ0n) is 12.7. The molecule has 0 aliphatic carbocycles. The van der Waals surface area contributed by atoms with Crippen LogP contribution in [0.15, 0.2) is 18.2 Å². The number of anilines is 1. The minimum absolute atomic E-state index is 0.100. The summed E-state index contributed by atoms with van der Waals surface area (Å²) in [4.78, 5) is 25.5. The van der Waals surface area contributed by atoms with E-state index in [9.17, 15) is 9.59 Å². The van der Waals surface area contributed by atoms with Crippen LogP contribution >= 0.6 is 0 Å². The summed E-state index contributed by atoms with van der Waals surface area (Å²) in [5, 5.41) is 2.93. The number of nitrogens with zero attached hydrogens (tertiary/aromatic N) is 1. The third kappa shape index (κ3) is 3.82. The Morgan fingerprint density at radius 3 is 2.81 bits per heavy atom. The summed E-state index contributed by atoms with van der Waals surface area (Å²) < 4.78 is 0. The van der Waals surface area contributed by atoms with Crippen LogP contribution in [0.1, 0.15) is 30.4 Å². The first-order valence-electron chi connectivity index (χ1n) is 7.38. The summed E-state index contributed by atoms with van der Waals surface area (Å²) >= 11 is 0. The van der Waals surface area contributed by atoms with E-state index in [1.807, 2.05) is 36.9 Å². The number of primary amides is 1. The lowest BCUT2D eigenvalue weighted by atomic mass is 10.0. The van der Waals surface area contributed by atoms with Gasteiger partial charge in [-0.1, -0.05) is 18.6 Å². The average molecular weight is 289 g/mol. The lowest BCUT2D eigenvalue weighted by Gasteiger charge is -2.32. The Balaban J connectivity index is 2.00. The van der Waals surface area contributed by atoms with Gasteiger partial charge in [0.05, 0.1) is 12.6 Å². The minimum Gasteiger partial charge on any atom is -0.368 e. The van der Waals surface area contributed by atoms with Crippen molar-refractivity contribution in [1.29, 1.82) is 0 Å². The molecule has 1 saturated heterocycles. The number of likely N-dealkylation sites (tertiary alicyclic amines) is 1. The Hall–Kier alpha value is -1.88. The molecule has 0 spiro atoms. The number of nitrogens with one attached hydrogen (secondary N) is 1. The van der Waals surface area contributed by atoms with Crippen LogP contribution in [0.3, 0.4) is 0 Å². The number of nitrogens with two attached hydrogens (primary N) is 1. The number of carbonyl (C=O) groups is 2. The number of benzene rings is 1. The van der Waals surface area contributed by atoms with Crippen LogP contribution in [0, 0.1) is 13.8 Å². The molecule has 1 heterocycles. The van der Waals surface area contributed by atoms with Crippen molar-refractivity contribution in [3.8, 4) is 0 Å². The maximum atomic E-state index is 12.2. The normalized spacial score (nSPS) is 19.2. The van der Waals surface area contributed by atoms with E-state index in [2.05, 4.69) is 5.32 Å². The predicted octanol–water partition coefficient (Wildman–Crippen LogP) is 1.58. The number of piperidine rings is 1. The summed E-state index contributed by atoms with van der Waals surface area (Å²) in [6.07, 6.45) is 2.73. The van der Waals surface area contributed by atoms with E-state index in [1.165, 1.54) is 0 Å². The monoisotopic (exact) mass is 289 g/mol. The summed E-state index contributed by atoms with van der Waals surface area (Å²) in [5.74, 6) is -0.439. The molecule has 1 aromatic rings. The minimum atomic E-state index is -0.339. The van der Waals surface area contributed by atoms with Crippen LogP contribution in [0.25, 0.3) is 0 Å². The van der Waals surface area contributed by atoms with Crippen molar-refractivity contribution >= 4 is 17.5 Å². The van der Waals surface area contributed by atoms with E-state index in [4.69, 9.17) is 5.73 Å². The highest BCUT2D eigenvalue weighted by Gasteiger charge is 2.28. The number of amides is 2.